The summed E-state index contributed by atoms with van der Waals surface area (Å²) in [6.45, 7) is 3.70. The normalized spacial score (nSPS) is 15.2. The van der Waals surface area contributed by atoms with Crippen LogP contribution in [0, 0.1) is 0 Å². The molecule has 208 valence electrons. The van der Waals surface area contributed by atoms with Crippen LogP contribution in [-0.2, 0) is 9.53 Å². The summed E-state index contributed by atoms with van der Waals surface area (Å²) in [5.41, 5.74) is 3.05. The topological polar surface area (TPSA) is 112 Å². The molecule has 0 amide bonds. The van der Waals surface area contributed by atoms with Gasteiger partial charge in [0.25, 0.3) is 5.56 Å². The van der Waals surface area contributed by atoms with Crippen molar-refractivity contribution in [3.63, 3.8) is 0 Å². The number of ether oxygens (including phenoxy) is 2. The SMILES string of the molecule is CCOC(=O)C1=C(C)N=c2s/c(=C/c3ccc(Sc4nc5ccccc5[nH]4)o3)c(=O)n2[C@H]1c1ccc(OC)c(Br)c1. The highest BCUT2D eigenvalue weighted by atomic mass is 79.9. The van der Waals surface area contributed by atoms with E-state index in [-0.39, 0.29) is 12.2 Å². The number of carbonyl (C=O) groups excluding carboxylic acids is 1. The van der Waals surface area contributed by atoms with E-state index in [0.29, 0.717) is 52.4 Å². The van der Waals surface area contributed by atoms with Gasteiger partial charge in [0.1, 0.15) is 11.5 Å². The quantitative estimate of drug-likeness (QED) is 0.241. The third-order valence-electron chi connectivity index (χ3n) is 6.45. The molecule has 41 heavy (non-hydrogen) atoms. The highest BCUT2D eigenvalue weighted by molar-refractivity contribution is 9.10. The third-order valence-corrected chi connectivity index (χ3v) is 8.86. The first kappa shape index (κ1) is 27.3. The number of aromatic amines is 1. The Morgan fingerprint density at radius 3 is 2.83 bits per heavy atom. The Kier molecular flexibility index (Phi) is 7.45. The Bertz CT molecular complexity index is 1990. The number of para-hydroxylation sites is 2. The van der Waals surface area contributed by atoms with Gasteiger partial charge in [-0.15, -0.1) is 0 Å². The largest absolute Gasteiger partial charge is 0.496 e. The lowest BCUT2D eigenvalue weighted by Crippen LogP contribution is -2.39. The molecule has 0 unspecified atom stereocenters. The molecule has 0 radical (unpaired) electrons. The fraction of sp³-hybridized carbons (Fsp3) is 0.172. The highest BCUT2D eigenvalue weighted by Crippen LogP contribution is 2.35. The van der Waals surface area contributed by atoms with Gasteiger partial charge in [0.2, 0.25) is 0 Å². The number of benzene rings is 2. The van der Waals surface area contributed by atoms with Crippen molar-refractivity contribution in [2.75, 3.05) is 13.7 Å². The van der Waals surface area contributed by atoms with E-state index in [0.717, 1.165) is 11.0 Å². The van der Waals surface area contributed by atoms with Gasteiger partial charge in [-0.2, -0.15) is 0 Å². The van der Waals surface area contributed by atoms with Crippen molar-refractivity contribution in [1.29, 1.82) is 0 Å². The zero-order chi connectivity index (χ0) is 28.7. The van der Waals surface area contributed by atoms with E-state index in [9.17, 15) is 9.59 Å². The monoisotopic (exact) mass is 650 g/mol. The number of nitrogens with zero attached hydrogens (tertiary/aromatic N) is 3. The summed E-state index contributed by atoms with van der Waals surface area (Å²) in [6.07, 6.45) is 1.69. The molecule has 12 heteroatoms. The van der Waals surface area contributed by atoms with E-state index in [1.807, 2.05) is 42.5 Å². The average Bonchev–Trinajstić information content (AvgIpc) is 3.65. The molecule has 5 aromatic rings. The number of imidazole rings is 1. The predicted molar refractivity (Wildman–Crippen MR) is 160 cm³/mol. The first-order valence-corrected chi connectivity index (χ1v) is 15.0. The van der Waals surface area contributed by atoms with Crippen LogP contribution in [0.5, 0.6) is 5.75 Å². The second-order valence-electron chi connectivity index (χ2n) is 9.01. The zero-order valence-electron chi connectivity index (χ0n) is 22.1. The summed E-state index contributed by atoms with van der Waals surface area (Å²) in [5.74, 6) is 0.630. The van der Waals surface area contributed by atoms with Gasteiger partial charge in [0.15, 0.2) is 15.1 Å². The first-order valence-electron chi connectivity index (χ1n) is 12.6. The van der Waals surface area contributed by atoms with Crippen LogP contribution in [0.15, 0.2) is 94.8 Å². The highest BCUT2D eigenvalue weighted by Gasteiger charge is 2.33. The van der Waals surface area contributed by atoms with Gasteiger partial charge < -0.3 is 18.9 Å². The number of allylic oxidation sites excluding steroid dienone is 1. The number of thiazole rings is 1. The van der Waals surface area contributed by atoms with E-state index >= 15 is 0 Å². The lowest BCUT2D eigenvalue weighted by atomic mass is 9.96. The van der Waals surface area contributed by atoms with Crippen molar-refractivity contribution in [2.24, 2.45) is 4.99 Å². The number of halogens is 1. The van der Waals surface area contributed by atoms with Crippen molar-refractivity contribution in [3.05, 3.63) is 101 Å². The van der Waals surface area contributed by atoms with Crippen LogP contribution in [0.1, 0.15) is 31.2 Å². The number of hydrogen-bond donors (Lipinski definition) is 1. The number of esters is 1. The Balaban J connectivity index is 1.40. The molecule has 1 N–H and O–H groups in total. The standard InChI is InChI=1S/C29H23BrN4O5S2/c1-4-38-27(36)24-15(2)31-29-34(25(24)16-9-11-21(37-3)18(30)13-16)26(35)22(40-29)14-17-10-12-23(39-17)41-28-32-19-7-5-6-8-20(19)33-28/h5-14,25H,4H2,1-3H3,(H,32,33)/b22-14+/t25-/m0/s1. The molecule has 1 aliphatic rings. The molecule has 1 atom stereocenters. The first-order chi connectivity index (χ1) is 19.9. The van der Waals surface area contributed by atoms with E-state index < -0.39 is 12.0 Å². The van der Waals surface area contributed by atoms with Crippen molar-refractivity contribution in [1.82, 2.24) is 14.5 Å². The number of methoxy groups -OCH3 is 1. The van der Waals surface area contributed by atoms with Crippen molar-refractivity contribution in [2.45, 2.75) is 30.1 Å². The summed E-state index contributed by atoms with van der Waals surface area (Å²) >= 11 is 6.12. The lowest BCUT2D eigenvalue weighted by molar-refractivity contribution is -0.139. The number of rotatable bonds is 7. The Morgan fingerprint density at radius 1 is 1.24 bits per heavy atom. The van der Waals surface area contributed by atoms with Crippen LogP contribution in [0.2, 0.25) is 0 Å². The van der Waals surface area contributed by atoms with Crippen molar-refractivity contribution >= 4 is 62.1 Å². The molecule has 1 aliphatic heterocycles. The maximum atomic E-state index is 13.8. The maximum absolute atomic E-state index is 13.8. The van der Waals surface area contributed by atoms with E-state index in [1.54, 1.807) is 39.2 Å². The van der Waals surface area contributed by atoms with E-state index in [2.05, 4.69) is 30.9 Å². The Hall–Kier alpha value is -3.87. The number of hydrogen-bond acceptors (Lipinski definition) is 9. The molecule has 0 fully saturated rings. The minimum absolute atomic E-state index is 0.200. The molecule has 4 heterocycles. The summed E-state index contributed by atoms with van der Waals surface area (Å²) in [4.78, 5) is 39.9. The van der Waals surface area contributed by atoms with Crippen LogP contribution >= 0.6 is 39.0 Å². The van der Waals surface area contributed by atoms with Crippen molar-refractivity contribution < 1.29 is 18.7 Å². The molecular formula is C29H23BrN4O5S2. The second-order valence-corrected chi connectivity index (χ2v) is 11.9. The van der Waals surface area contributed by atoms with Crippen LogP contribution in [0.4, 0.5) is 0 Å². The van der Waals surface area contributed by atoms with Gasteiger partial charge in [0, 0.05) is 6.08 Å². The molecule has 0 saturated carbocycles. The molecule has 0 aliphatic carbocycles. The van der Waals surface area contributed by atoms with Gasteiger partial charge in [0.05, 0.1) is 51.1 Å². The summed E-state index contributed by atoms with van der Waals surface area (Å²) in [6, 6.07) is 16.2. The van der Waals surface area contributed by atoms with Gasteiger partial charge in [-0.1, -0.05) is 29.5 Å². The third kappa shape index (κ3) is 5.18. The van der Waals surface area contributed by atoms with E-state index in [1.165, 1.54) is 27.7 Å². The lowest BCUT2D eigenvalue weighted by Gasteiger charge is -2.25. The average molecular weight is 652 g/mol. The van der Waals surface area contributed by atoms with Gasteiger partial charge in [-0.3, -0.25) is 9.36 Å². The van der Waals surface area contributed by atoms with Crippen LogP contribution in [-0.4, -0.2) is 34.2 Å². The Morgan fingerprint density at radius 2 is 2.07 bits per heavy atom. The summed E-state index contributed by atoms with van der Waals surface area (Å²) in [5, 5.41) is 1.34. The minimum Gasteiger partial charge on any atom is -0.496 e. The predicted octanol–water partition coefficient (Wildman–Crippen LogP) is 5.19. The molecule has 2 aromatic carbocycles. The molecule has 0 bridgehead atoms. The number of nitrogens with one attached hydrogen (secondary N) is 1. The Labute approximate surface area is 250 Å². The number of carbonyl (C=O) groups is 1. The molecule has 0 spiro atoms. The zero-order valence-corrected chi connectivity index (χ0v) is 25.4. The van der Waals surface area contributed by atoms with Crippen LogP contribution < -0.4 is 19.6 Å². The fourth-order valence-corrected chi connectivity index (χ4v) is 6.98. The number of aromatic nitrogens is 3. The fourth-order valence-electron chi connectivity index (χ4n) is 4.63. The summed E-state index contributed by atoms with van der Waals surface area (Å²) < 4.78 is 19.4. The van der Waals surface area contributed by atoms with Gasteiger partial charge >= 0.3 is 5.97 Å². The molecule has 9 nitrogen and oxygen atoms in total. The molecular weight excluding hydrogens is 628 g/mol. The maximum Gasteiger partial charge on any atom is 0.338 e. The van der Waals surface area contributed by atoms with Crippen LogP contribution in [0.3, 0.4) is 0 Å². The summed E-state index contributed by atoms with van der Waals surface area (Å²) in [7, 11) is 1.58. The second kappa shape index (κ2) is 11.2. The van der Waals surface area contributed by atoms with Gasteiger partial charge in [-0.05, 0) is 83.5 Å². The molecule has 3 aromatic heterocycles. The number of furan rings is 1. The number of H-pyrrole nitrogens is 1. The van der Waals surface area contributed by atoms with Crippen LogP contribution in [0.25, 0.3) is 17.1 Å². The van der Waals surface area contributed by atoms with E-state index in [4.69, 9.17) is 13.9 Å². The minimum atomic E-state index is -0.731. The molecule has 6 rings (SSSR count). The van der Waals surface area contributed by atoms with Gasteiger partial charge in [-0.25, -0.2) is 14.8 Å². The van der Waals surface area contributed by atoms with Crippen molar-refractivity contribution in [3.8, 4) is 5.75 Å². The molecule has 0 saturated heterocycles. The smallest absolute Gasteiger partial charge is 0.338 e. The number of fused-ring (bicyclic) bond motifs is 2.